The Labute approximate surface area is 87.3 Å². The van der Waals surface area contributed by atoms with Gasteiger partial charge in [-0.25, -0.2) is 0 Å². The van der Waals surface area contributed by atoms with E-state index in [1.54, 1.807) is 0 Å². The first kappa shape index (κ1) is 11.5. The van der Waals surface area contributed by atoms with Crippen LogP contribution in [0.2, 0.25) is 0 Å². The first-order valence-corrected chi connectivity index (χ1v) is 5.64. The zero-order valence-electron chi connectivity index (χ0n) is 9.49. The van der Waals surface area contributed by atoms with E-state index in [4.69, 9.17) is 10.00 Å². The van der Waals surface area contributed by atoms with Crippen LogP contribution in [0.5, 0.6) is 0 Å². The second-order valence-electron chi connectivity index (χ2n) is 4.92. The van der Waals surface area contributed by atoms with Crippen molar-refractivity contribution >= 4 is 0 Å². The fourth-order valence-corrected chi connectivity index (χ4v) is 1.98. The topological polar surface area (TPSA) is 33.0 Å². The molecule has 0 radical (unpaired) electrons. The lowest BCUT2D eigenvalue weighted by molar-refractivity contribution is -0.0188. The Bertz CT molecular complexity index is 207. The molecule has 0 N–H and O–H groups in total. The molecular formula is C12H21NO. The van der Waals surface area contributed by atoms with Gasteiger partial charge in [0.15, 0.2) is 0 Å². The maximum Gasteiger partial charge on any atom is 0.0735 e. The molecule has 1 aliphatic carbocycles. The summed E-state index contributed by atoms with van der Waals surface area (Å²) in [4.78, 5) is 0. The van der Waals surface area contributed by atoms with Gasteiger partial charge in [-0.3, -0.25) is 0 Å². The third-order valence-corrected chi connectivity index (χ3v) is 2.86. The quantitative estimate of drug-likeness (QED) is 0.693. The highest BCUT2D eigenvalue weighted by molar-refractivity contribution is 4.93. The molecule has 3 unspecified atom stereocenters. The van der Waals surface area contributed by atoms with E-state index in [0.717, 1.165) is 25.4 Å². The molecule has 14 heavy (non-hydrogen) atoms. The highest BCUT2D eigenvalue weighted by Crippen LogP contribution is 2.30. The fourth-order valence-electron chi connectivity index (χ4n) is 1.98. The van der Waals surface area contributed by atoms with Gasteiger partial charge in [-0.05, 0) is 31.1 Å². The molecule has 0 heterocycles. The molecule has 1 saturated carbocycles. The number of hydrogen-bond donors (Lipinski definition) is 0. The van der Waals surface area contributed by atoms with E-state index < -0.39 is 0 Å². The van der Waals surface area contributed by atoms with Gasteiger partial charge >= 0.3 is 0 Å². The van der Waals surface area contributed by atoms with Gasteiger partial charge in [0.05, 0.1) is 18.1 Å². The molecule has 1 aliphatic rings. The summed E-state index contributed by atoms with van der Waals surface area (Å²) < 4.78 is 5.80. The molecule has 3 atom stereocenters. The van der Waals surface area contributed by atoms with Gasteiger partial charge in [-0.2, -0.15) is 5.26 Å². The molecule has 2 nitrogen and oxygen atoms in total. The van der Waals surface area contributed by atoms with Crippen LogP contribution >= 0.6 is 0 Å². The highest BCUT2D eigenvalue weighted by atomic mass is 16.5. The average molecular weight is 195 g/mol. The Balaban J connectivity index is 2.41. The summed E-state index contributed by atoms with van der Waals surface area (Å²) in [5, 5.41) is 8.98. The summed E-state index contributed by atoms with van der Waals surface area (Å²) in [5.41, 5.74) is 0. The Hall–Kier alpha value is -0.550. The lowest BCUT2D eigenvalue weighted by atomic mass is 9.81. The number of nitrogens with zero attached hydrogens (tertiary/aromatic N) is 1. The minimum Gasteiger partial charge on any atom is -0.377 e. The van der Waals surface area contributed by atoms with Crippen LogP contribution in [0.15, 0.2) is 0 Å². The third kappa shape index (κ3) is 3.31. The van der Waals surface area contributed by atoms with Crippen molar-refractivity contribution in [2.45, 2.75) is 46.1 Å². The number of hydrogen-bond acceptors (Lipinski definition) is 2. The molecule has 0 saturated heterocycles. The SMILES string of the molecule is CC(C)COC1CC(C)CCC1C#N. The van der Waals surface area contributed by atoms with Gasteiger partial charge < -0.3 is 4.74 Å². The number of rotatable bonds is 3. The van der Waals surface area contributed by atoms with Crippen molar-refractivity contribution in [1.29, 1.82) is 5.26 Å². The summed E-state index contributed by atoms with van der Waals surface area (Å²) in [6, 6.07) is 2.37. The predicted octanol–water partition coefficient (Wildman–Crippen LogP) is 2.99. The van der Waals surface area contributed by atoms with E-state index in [2.05, 4.69) is 26.8 Å². The van der Waals surface area contributed by atoms with E-state index in [9.17, 15) is 0 Å². The summed E-state index contributed by atoms with van der Waals surface area (Å²) in [6.07, 6.45) is 3.44. The summed E-state index contributed by atoms with van der Waals surface area (Å²) >= 11 is 0. The van der Waals surface area contributed by atoms with Crippen molar-refractivity contribution in [3.8, 4) is 6.07 Å². The van der Waals surface area contributed by atoms with E-state index in [1.165, 1.54) is 6.42 Å². The van der Waals surface area contributed by atoms with Crippen LogP contribution in [0.1, 0.15) is 40.0 Å². The third-order valence-electron chi connectivity index (χ3n) is 2.86. The van der Waals surface area contributed by atoms with Crippen LogP contribution in [-0.2, 0) is 4.74 Å². The van der Waals surface area contributed by atoms with Crippen LogP contribution in [0.25, 0.3) is 0 Å². The normalized spacial score (nSPS) is 32.9. The maximum atomic E-state index is 8.98. The van der Waals surface area contributed by atoms with Crippen LogP contribution in [0.4, 0.5) is 0 Å². The minimum absolute atomic E-state index is 0.130. The first-order valence-electron chi connectivity index (χ1n) is 5.64. The molecule has 0 aromatic rings. The number of ether oxygens (including phenoxy) is 1. The number of nitriles is 1. The van der Waals surface area contributed by atoms with Crippen molar-refractivity contribution in [3.63, 3.8) is 0 Å². The van der Waals surface area contributed by atoms with Gasteiger partial charge in [0.25, 0.3) is 0 Å². The Morgan fingerprint density at radius 1 is 1.43 bits per heavy atom. The standard InChI is InChI=1S/C12H21NO/c1-9(2)8-14-12-6-10(3)4-5-11(12)7-13/h9-12H,4-6,8H2,1-3H3. The second-order valence-corrected chi connectivity index (χ2v) is 4.92. The Morgan fingerprint density at radius 3 is 2.71 bits per heavy atom. The zero-order valence-corrected chi connectivity index (χ0v) is 9.49. The van der Waals surface area contributed by atoms with Crippen molar-refractivity contribution in [1.82, 2.24) is 0 Å². The lowest BCUT2D eigenvalue weighted by Crippen LogP contribution is -2.31. The molecule has 0 spiro atoms. The first-order chi connectivity index (χ1) is 6.63. The molecule has 2 heteroatoms. The summed E-state index contributed by atoms with van der Waals surface area (Å²) in [6.45, 7) is 7.33. The van der Waals surface area contributed by atoms with Crippen molar-refractivity contribution in [2.75, 3.05) is 6.61 Å². The van der Waals surface area contributed by atoms with Gasteiger partial charge in [0, 0.05) is 6.61 Å². The van der Waals surface area contributed by atoms with Gasteiger partial charge in [0.1, 0.15) is 0 Å². The van der Waals surface area contributed by atoms with Crippen molar-refractivity contribution in [3.05, 3.63) is 0 Å². The lowest BCUT2D eigenvalue weighted by Gasteiger charge is -2.31. The van der Waals surface area contributed by atoms with Crippen LogP contribution in [-0.4, -0.2) is 12.7 Å². The van der Waals surface area contributed by atoms with E-state index in [-0.39, 0.29) is 12.0 Å². The Morgan fingerprint density at radius 2 is 2.14 bits per heavy atom. The average Bonchev–Trinajstić information content (AvgIpc) is 2.15. The molecule has 80 valence electrons. The second kappa shape index (κ2) is 5.36. The largest absolute Gasteiger partial charge is 0.377 e. The molecule has 0 amide bonds. The van der Waals surface area contributed by atoms with Crippen LogP contribution < -0.4 is 0 Å². The zero-order chi connectivity index (χ0) is 10.6. The molecule has 0 aromatic heterocycles. The molecule has 1 rings (SSSR count). The molecule has 0 aromatic carbocycles. The minimum atomic E-state index is 0.130. The van der Waals surface area contributed by atoms with Gasteiger partial charge in [-0.1, -0.05) is 20.8 Å². The van der Waals surface area contributed by atoms with Crippen molar-refractivity contribution < 1.29 is 4.74 Å². The summed E-state index contributed by atoms with van der Waals surface area (Å²) in [7, 11) is 0. The monoisotopic (exact) mass is 195 g/mol. The predicted molar refractivity (Wildman–Crippen MR) is 56.7 cm³/mol. The van der Waals surface area contributed by atoms with Gasteiger partial charge in [-0.15, -0.1) is 0 Å². The Kier molecular flexibility index (Phi) is 4.41. The van der Waals surface area contributed by atoms with E-state index in [1.807, 2.05) is 0 Å². The molecule has 1 fully saturated rings. The molecule has 0 aliphatic heterocycles. The van der Waals surface area contributed by atoms with Crippen LogP contribution in [0, 0.1) is 29.1 Å². The summed E-state index contributed by atoms with van der Waals surface area (Å²) in [5.74, 6) is 1.41. The van der Waals surface area contributed by atoms with E-state index >= 15 is 0 Å². The maximum absolute atomic E-state index is 8.98. The smallest absolute Gasteiger partial charge is 0.0735 e. The highest BCUT2D eigenvalue weighted by Gasteiger charge is 2.29. The van der Waals surface area contributed by atoms with Crippen LogP contribution in [0.3, 0.4) is 0 Å². The van der Waals surface area contributed by atoms with Crippen molar-refractivity contribution in [2.24, 2.45) is 17.8 Å². The van der Waals surface area contributed by atoms with Gasteiger partial charge in [0.2, 0.25) is 0 Å². The van der Waals surface area contributed by atoms with E-state index in [0.29, 0.717) is 5.92 Å². The molecular weight excluding hydrogens is 174 g/mol. The molecule has 0 bridgehead atoms. The fraction of sp³-hybridized carbons (Fsp3) is 0.917.